The van der Waals surface area contributed by atoms with Gasteiger partial charge in [0, 0.05) is 0 Å². The van der Waals surface area contributed by atoms with Crippen LogP contribution in [0.4, 0.5) is 23.7 Å². The standard InChI is InChI=1S/C15H18F3NO4/c1-5-9-11(15(16,17)18)7-6-10(13(20)22-4)12(9)19-14(21)23-8(2)3/h6-8H,5H2,1-4H3,(H,19,21). The molecule has 0 spiro atoms. The highest BCUT2D eigenvalue weighted by molar-refractivity contribution is 6.01. The molecular formula is C15H18F3NO4. The Morgan fingerprint density at radius 3 is 2.30 bits per heavy atom. The van der Waals surface area contributed by atoms with E-state index in [2.05, 4.69) is 10.1 Å². The zero-order chi connectivity index (χ0) is 17.8. The van der Waals surface area contributed by atoms with Crippen LogP contribution < -0.4 is 5.32 Å². The van der Waals surface area contributed by atoms with Crippen LogP contribution >= 0.6 is 0 Å². The first kappa shape index (κ1) is 18.8. The van der Waals surface area contributed by atoms with Crippen molar-refractivity contribution in [1.82, 2.24) is 0 Å². The number of ether oxygens (including phenoxy) is 2. The SMILES string of the molecule is CCc1c(C(F)(F)F)ccc(C(=O)OC)c1NC(=O)OC(C)C. The predicted octanol–water partition coefficient (Wildman–Crippen LogP) is 4.01. The van der Waals surface area contributed by atoms with Crippen LogP contribution in [0, 0.1) is 0 Å². The van der Waals surface area contributed by atoms with Crippen molar-refractivity contribution in [2.24, 2.45) is 0 Å². The minimum atomic E-state index is -4.61. The molecule has 1 amide bonds. The molecule has 0 saturated heterocycles. The largest absolute Gasteiger partial charge is 0.465 e. The van der Waals surface area contributed by atoms with Gasteiger partial charge in [-0.2, -0.15) is 13.2 Å². The highest BCUT2D eigenvalue weighted by Crippen LogP contribution is 2.37. The van der Waals surface area contributed by atoms with Gasteiger partial charge in [0.05, 0.1) is 30.0 Å². The van der Waals surface area contributed by atoms with Crippen LogP contribution in [0.2, 0.25) is 0 Å². The summed E-state index contributed by atoms with van der Waals surface area (Å²) in [7, 11) is 1.10. The number of anilines is 1. The molecule has 1 aromatic rings. The lowest BCUT2D eigenvalue weighted by molar-refractivity contribution is -0.138. The molecule has 5 nitrogen and oxygen atoms in total. The van der Waals surface area contributed by atoms with Gasteiger partial charge < -0.3 is 9.47 Å². The van der Waals surface area contributed by atoms with Crippen LogP contribution in [0.3, 0.4) is 0 Å². The Balaban J connectivity index is 3.46. The molecule has 0 saturated carbocycles. The van der Waals surface area contributed by atoms with E-state index >= 15 is 0 Å². The predicted molar refractivity (Wildman–Crippen MR) is 77.4 cm³/mol. The number of methoxy groups -OCH3 is 1. The second-order valence-electron chi connectivity index (χ2n) is 4.94. The third-order valence-corrected chi connectivity index (χ3v) is 2.95. The lowest BCUT2D eigenvalue weighted by atomic mass is 9.98. The van der Waals surface area contributed by atoms with Crippen molar-refractivity contribution < 1.29 is 32.2 Å². The van der Waals surface area contributed by atoms with Gasteiger partial charge in [-0.05, 0) is 38.0 Å². The van der Waals surface area contributed by atoms with Gasteiger partial charge >= 0.3 is 18.2 Å². The monoisotopic (exact) mass is 333 g/mol. The number of halogens is 3. The Morgan fingerprint density at radius 1 is 1.26 bits per heavy atom. The first-order valence-electron chi connectivity index (χ1n) is 6.90. The van der Waals surface area contributed by atoms with Gasteiger partial charge in [-0.25, -0.2) is 9.59 Å². The summed E-state index contributed by atoms with van der Waals surface area (Å²) in [5.41, 5.74) is -1.55. The molecule has 0 bridgehead atoms. The molecule has 23 heavy (non-hydrogen) atoms. The van der Waals surface area contributed by atoms with Crippen molar-refractivity contribution in [3.8, 4) is 0 Å². The van der Waals surface area contributed by atoms with Gasteiger partial charge in [-0.3, -0.25) is 5.32 Å². The van der Waals surface area contributed by atoms with Crippen LogP contribution in [0.1, 0.15) is 42.3 Å². The van der Waals surface area contributed by atoms with Crippen LogP contribution in [0.15, 0.2) is 12.1 Å². The lowest BCUT2D eigenvalue weighted by Crippen LogP contribution is -2.22. The van der Waals surface area contributed by atoms with E-state index in [-0.39, 0.29) is 23.2 Å². The summed E-state index contributed by atoms with van der Waals surface area (Å²) < 4.78 is 48.8. The third-order valence-electron chi connectivity index (χ3n) is 2.95. The van der Waals surface area contributed by atoms with Gasteiger partial charge in [0.2, 0.25) is 0 Å². The summed E-state index contributed by atoms with van der Waals surface area (Å²) in [6, 6.07) is 1.77. The first-order valence-corrected chi connectivity index (χ1v) is 6.90. The number of carbonyl (C=O) groups excluding carboxylic acids is 2. The molecule has 8 heteroatoms. The van der Waals surface area contributed by atoms with Crippen molar-refractivity contribution in [3.05, 3.63) is 28.8 Å². The van der Waals surface area contributed by atoms with Crippen molar-refractivity contribution in [3.63, 3.8) is 0 Å². The number of benzene rings is 1. The number of alkyl halides is 3. The summed E-state index contributed by atoms with van der Waals surface area (Å²) >= 11 is 0. The Hall–Kier alpha value is -2.25. The van der Waals surface area contributed by atoms with E-state index in [0.29, 0.717) is 0 Å². The number of carbonyl (C=O) groups is 2. The van der Waals surface area contributed by atoms with Crippen LogP contribution in [-0.4, -0.2) is 25.3 Å². The molecule has 0 aromatic heterocycles. The molecule has 1 aromatic carbocycles. The van der Waals surface area contributed by atoms with Gasteiger partial charge in [0.15, 0.2) is 0 Å². The average molecular weight is 333 g/mol. The highest BCUT2D eigenvalue weighted by atomic mass is 19.4. The second kappa shape index (κ2) is 7.34. The Morgan fingerprint density at radius 2 is 1.87 bits per heavy atom. The number of hydrogen-bond donors (Lipinski definition) is 1. The molecular weight excluding hydrogens is 315 g/mol. The molecule has 0 unspecified atom stereocenters. The Kier molecular flexibility index (Phi) is 6.00. The third kappa shape index (κ3) is 4.61. The normalized spacial score (nSPS) is 11.3. The summed E-state index contributed by atoms with van der Waals surface area (Å²) in [5, 5.41) is 2.23. The molecule has 128 valence electrons. The maximum absolute atomic E-state index is 13.1. The lowest BCUT2D eigenvalue weighted by Gasteiger charge is -2.19. The molecule has 0 aliphatic heterocycles. The first-order chi connectivity index (χ1) is 10.6. The molecule has 0 aliphatic rings. The average Bonchev–Trinajstić information content (AvgIpc) is 2.43. The molecule has 1 rings (SSSR count). The fourth-order valence-electron chi connectivity index (χ4n) is 2.05. The number of hydrogen-bond acceptors (Lipinski definition) is 4. The van der Waals surface area contributed by atoms with Crippen LogP contribution in [0.5, 0.6) is 0 Å². The smallest absolute Gasteiger partial charge is 0.416 e. The number of esters is 1. The van der Waals surface area contributed by atoms with Crippen LogP contribution in [0.25, 0.3) is 0 Å². The van der Waals surface area contributed by atoms with E-state index in [4.69, 9.17) is 4.74 Å². The summed E-state index contributed by atoms with van der Waals surface area (Å²) in [4.78, 5) is 23.5. The topological polar surface area (TPSA) is 64.6 Å². The maximum atomic E-state index is 13.1. The number of amides is 1. The van der Waals surface area contributed by atoms with Crippen molar-refractivity contribution >= 4 is 17.7 Å². The fraction of sp³-hybridized carbons (Fsp3) is 0.467. The van der Waals surface area contributed by atoms with E-state index < -0.39 is 29.9 Å². The Bertz CT molecular complexity index is 597. The highest BCUT2D eigenvalue weighted by Gasteiger charge is 2.35. The van der Waals surface area contributed by atoms with E-state index in [1.807, 2.05) is 0 Å². The zero-order valence-corrected chi connectivity index (χ0v) is 13.2. The maximum Gasteiger partial charge on any atom is 0.416 e. The van der Waals surface area contributed by atoms with Crippen molar-refractivity contribution in [2.45, 2.75) is 39.5 Å². The van der Waals surface area contributed by atoms with E-state index in [1.165, 1.54) is 6.92 Å². The summed E-state index contributed by atoms with van der Waals surface area (Å²) in [6.45, 7) is 4.67. The van der Waals surface area contributed by atoms with Crippen LogP contribution in [-0.2, 0) is 22.1 Å². The second-order valence-corrected chi connectivity index (χ2v) is 4.94. The number of rotatable bonds is 4. The van der Waals surface area contributed by atoms with Gasteiger partial charge in [-0.15, -0.1) is 0 Å². The summed E-state index contributed by atoms with van der Waals surface area (Å²) in [5.74, 6) is -0.853. The quantitative estimate of drug-likeness (QED) is 0.846. The molecule has 0 fully saturated rings. The van der Waals surface area contributed by atoms with E-state index in [0.717, 1.165) is 19.2 Å². The van der Waals surface area contributed by atoms with E-state index in [1.54, 1.807) is 13.8 Å². The molecule has 1 N–H and O–H groups in total. The van der Waals surface area contributed by atoms with Crippen molar-refractivity contribution in [1.29, 1.82) is 0 Å². The zero-order valence-electron chi connectivity index (χ0n) is 13.2. The van der Waals surface area contributed by atoms with Gasteiger partial charge in [0.1, 0.15) is 0 Å². The minimum Gasteiger partial charge on any atom is -0.465 e. The molecule has 0 aliphatic carbocycles. The van der Waals surface area contributed by atoms with Gasteiger partial charge in [-0.1, -0.05) is 6.92 Å². The van der Waals surface area contributed by atoms with Crippen molar-refractivity contribution in [2.75, 3.05) is 12.4 Å². The number of nitrogens with one attached hydrogen (secondary N) is 1. The minimum absolute atomic E-state index is 0.0447. The summed E-state index contributed by atoms with van der Waals surface area (Å²) in [6.07, 6.45) is -6.07. The fourth-order valence-corrected chi connectivity index (χ4v) is 2.05. The molecule has 0 radical (unpaired) electrons. The van der Waals surface area contributed by atoms with Gasteiger partial charge in [0.25, 0.3) is 0 Å². The van der Waals surface area contributed by atoms with E-state index in [9.17, 15) is 22.8 Å². The Labute approximate surface area is 131 Å². The molecule has 0 atom stereocenters. The molecule has 0 heterocycles.